The van der Waals surface area contributed by atoms with Crippen molar-refractivity contribution in [2.24, 2.45) is 0 Å². The Morgan fingerprint density at radius 3 is 2.57 bits per heavy atom. The van der Waals surface area contributed by atoms with Gasteiger partial charge in [-0.2, -0.15) is 0 Å². The summed E-state index contributed by atoms with van der Waals surface area (Å²) in [6, 6.07) is 6.64. The molecule has 2 heterocycles. The molecular formula is C12H22N2. The predicted octanol–water partition coefficient (Wildman–Crippen LogP) is 2.78. The molecule has 14 heavy (non-hydrogen) atoms. The molecule has 1 aliphatic heterocycles. The van der Waals surface area contributed by atoms with Crippen molar-refractivity contribution >= 4 is 0 Å². The topological polar surface area (TPSA) is 24.9 Å². The van der Waals surface area contributed by atoms with Gasteiger partial charge in [0.05, 0.1) is 0 Å². The highest BCUT2D eigenvalue weighted by atomic mass is 14.9. The quantitative estimate of drug-likeness (QED) is 0.687. The lowest BCUT2D eigenvalue weighted by molar-refractivity contribution is 0.425. The molecule has 0 bridgehead atoms. The van der Waals surface area contributed by atoms with Gasteiger partial charge in [-0.3, -0.25) is 4.98 Å². The van der Waals surface area contributed by atoms with Crippen molar-refractivity contribution in [1.29, 1.82) is 0 Å². The highest BCUT2D eigenvalue weighted by Gasteiger charge is 2.04. The van der Waals surface area contributed by atoms with Crippen LogP contribution in [0.2, 0.25) is 0 Å². The monoisotopic (exact) mass is 194 g/mol. The first-order valence-corrected chi connectivity index (χ1v) is 5.40. The first kappa shape index (κ1) is 11.2. The molecular weight excluding hydrogens is 172 g/mol. The first-order valence-electron chi connectivity index (χ1n) is 5.40. The van der Waals surface area contributed by atoms with Gasteiger partial charge in [-0.15, -0.1) is 0 Å². The summed E-state index contributed by atoms with van der Waals surface area (Å²) in [5.41, 5.74) is 1.07. The number of pyridine rings is 1. The summed E-state index contributed by atoms with van der Waals surface area (Å²) < 4.78 is 0. The highest BCUT2D eigenvalue weighted by Crippen LogP contribution is 2.04. The normalized spacial score (nSPS) is 20.9. The largest absolute Gasteiger partial charge is 0.314 e. The molecule has 2 rings (SSSR count). The van der Waals surface area contributed by atoms with E-state index in [1.807, 2.05) is 25.1 Å². The lowest BCUT2D eigenvalue weighted by atomic mass is 10.1. The van der Waals surface area contributed by atoms with Crippen LogP contribution in [-0.2, 0) is 0 Å². The van der Waals surface area contributed by atoms with Gasteiger partial charge in [-0.05, 0) is 45.4 Å². The van der Waals surface area contributed by atoms with Gasteiger partial charge in [-0.1, -0.05) is 12.5 Å². The van der Waals surface area contributed by atoms with Crippen molar-refractivity contribution in [3.63, 3.8) is 0 Å². The van der Waals surface area contributed by atoms with Crippen LogP contribution in [0.4, 0.5) is 0 Å². The van der Waals surface area contributed by atoms with Crippen LogP contribution in [0.5, 0.6) is 0 Å². The molecule has 0 saturated carbocycles. The third-order valence-electron chi connectivity index (χ3n) is 2.37. The van der Waals surface area contributed by atoms with Crippen LogP contribution in [0.3, 0.4) is 0 Å². The standard InChI is InChI=1S/C6H13N.C6H7N.H2/c2*1-6-4-2-3-5-7-6;/h6-7H,2-5H2,1H3;2-5H,1H3;1H. The van der Waals surface area contributed by atoms with Crippen molar-refractivity contribution in [3.8, 4) is 0 Å². The minimum absolute atomic E-state index is 0. The fourth-order valence-corrected chi connectivity index (χ4v) is 1.47. The van der Waals surface area contributed by atoms with Crippen molar-refractivity contribution in [1.82, 2.24) is 10.3 Å². The van der Waals surface area contributed by atoms with Gasteiger partial charge < -0.3 is 5.32 Å². The maximum absolute atomic E-state index is 3.98. The molecule has 1 aromatic rings. The van der Waals surface area contributed by atoms with Crippen molar-refractivity contribution in [2.75, 3.05) is 6.54 Å². The number of hydrogen-bond acceptors (Lipinski definition) is 2. The number of hydrogen-bond donors (Lipinski definition) is 1. The summed E-state index contributed by atoms with van der Waals surface area (Å²) in [4.78, 5) is 3.98. The molecule has 1 atom stereocenters. The van der Waals surface area contributed by atoms with E-state index < -0.39 is 0 Å². The lowest BCUT2D eigenvalue weighted by Crippen LogP contribution is -2.30. The van der Waals surface area contributed by atoms with E-state index in [0.717, 1.165) is 11.7 Å². The van der Waals surface area contributed by atoms with E-state index in [9.17, 15) is 0 Å². The van der Waals surface area contributed by atoms with Gasteiger partial charge >= 0.3 is 0 Å². The van der Waals surface area contributed by atoms with Gasteiger partial charge in [0.25, 0.3) is 0 Å². The summed E-state index contributed by atoms with van der Waals surface area (Å²) >= 11 is 0. The van der Waals surface area contributed by atoms with Crippen molar-refractivity contribution in [3.05, 3.63) is 30.1 Å². The highest BCUT2D eigenvalue weighted by molar-refractivity contribution is 4.99. The molecule has 1 unspecified atom stereocenters. The smallest absolute Gasteiger partial charge is 0.0372 e. The van der Waals surface area contributed by atoms with Crippen LogP contribution in [0.15, 0.2) is 24.4 Å². The van der Waals surface area contributed by atoms with E-state index in [-0.39, 0.29) is 1.43 Å². The van der Waals surface area contributed by atoms with Gasteiger partial charge in [0.15, 0.2) is 0 Å². The third-order valence-corrected chi connectivity index (χ3v) is 2.37. The van der Waals surface area contributed by atoms with E-state index >= 15 is 0 Å². The van der Waals surface area contributed by atoms with Crippen LogP contribution in [-0.4, -0.2) is 17.6 Å². The fraction of sp³-hybridized carbons (Fsp3) is 0.583. The molecule has 0 aliphatic carbocycles. The second-order valence-corrected chi connectivity index (χ2v) is 3.82. The first-order chi connectivity index (χ1) is 6.79. The average molecular weight is 194 g/mol. The Hall–Kier alpha value is -0.890. The molecule has 0 amide bonds. The zero-order valence-electron chi connectivity index (χ0n) is 9.16. The predicted molar refractivity (Wildman–Crippen MR) is 62.4 cm³/mol. The second-order valence-electron chi connectivity index (χ2n) is 3.82. The summed E-state index contributed by atoms with van der Waals surface area (Å²) in [5.74, 6) is 0. The third kappa shape index (κ3) is 4.97. The molecule has 1 fully saturated rings. The van der Waals surface area contributed by atoms with E-state index in [2.05, 4.69) is 17.2 Å². The zero-order valence-corrected chi connectivity index (χ0v) is 9.16. The summed E-state index contributed by atoms with van der Waals surface area (Å²) in [6.45, 7) is 5.46. The summed E-state index contributed by atoms with van der Waals surface area (Å²) in [7, 11) is 0. The van der Waals surface area contributed by atoms with Crippen LogP contribution in [0.25, 0.3) is 0 Å². The molecule has 1 N–H and O–H groups in total. The molecule has 0 spiro atoms. The minimum atomic E-state index is 0. The zero-order chi connectivity index (χ0) is 10.2. The molecule has 1 aromatic heterocycles. The Bertz CT molecular complexity index is 233. The summed E-state index contributed by atoms with van der Waals surface area (Å²) in [6.07, 6.45) is 5.97. The number of aryl methyl sites for hydroxylation is 1. The minimum Gasteiger partial charge on any atom is -0.314 e. The maximum atomic E-state index is 3.98. The Balaban J connectivity index is 0.000000245. The van der Waals surface area contributed by atoms with Gasteiger partial charge in [0.1, 0.15) is 0 Å². The number of rotatable bonds is 0. The fourth-order valence-electron chi connectivity index (χ4n) is 1.47. The summed E-state index contributed by atoms with van der Waals surface area (Å²) in [5, 5.41) is 3.38. The second kappa shape index (κ2) is 6.55. The van der Waals surface area contributed by atoms with Crippen LogP contribution < -0.4 is 5.32 Å². The van der Waals surface area contributed by atoms with Gasteiger partial charge in [0.2, 0.25) is 0 Å². The van der Waals surface area contributed by atoms with Gasteiger partial charge in [0, 0.05) is 19.4 Å². The van der Waals surface area contributed by atoms with E-state index in [1.165, 1.54) is 25.8 Å². The maximum Gasteiger partial charge on any atom is 0.0372 e. The molecule has 0 radical (unpaired) electrons. The molecule has 80 valence electrons. The number of nitrogens with zero attached hydrogens (tertiary/aromatic N) is 1. The van der Waals surface area contributed by atoms with Crippen LogP contribution >= 0.6 is 0 Å². The molecule has 1 saturated heterocycles. The Labute approximate surface area is 88.2 Å². The van der Waals surface area contributed by atoms with Gasteiger partial charge in [-0.25, -0.2) is 0 Å². The molecule has 2 nitrogen and oxygen atoms in total. The number of piperidine rings is 1. The van der Waals surface area contributed by atoms with E-state index in [0.29, 0.717) is 0 Å². The molecule has 2 heteroatoms. The Morgan fingerprint density at radius 2 is 2.29 bits per heavy atom. The Morgan fingerprint density at radius 1 is 1.43 bits per heavy atom. The average Bonchev–Trinajstić information content (AvgIpc) is 2.21. The molecule has 1 aliphatic rings. The van der Waals surface area contributed by atoms with E-state index in [4.69, 9.17) is 0 Å². The molecule has 0 aromatic carbocycles. The van der Waals surface area contributed by atoms with Crippen LogP contribution in [0, 0.1) is 6.92 Å². The Kier molecular flexibility index (Phi) is 5.23. The van der Waals surface area contributed by atoms with E-state index in [1.54, 1.807) is 6.20 Å². The van der Waals surface area contributed by atoms with Crippen LogP contribution in [0.1, 0.15) is 33.3 Å². The lowest BCUT2D eigenvalue weighted by Gasteiger charge is -2.18. The number of nitrogens with one attached hydrogen (secondary N) is 1. The number of aromatic nitrogens is 1. The van der Waals surface area contributed by atoms with Crippen molar-refractivity contribution in [2.45, 2.75) is 39.2 Å². The van der Waals surface area contributed by atoms with Crippen molar-refractivity contribution < 1.29 is 1.43 Å². The SMILES string of the molecule is CC1CCCCN1.Cc1ccccn1.[HH].